The summed E-state index contributed by atoms with van der Waals surface area (Å²) in [5.41, 5.74) is 0. The van der Waals surface area contributed by atoms with E-state index in [2.05, 4.69) is 35.8 Å². The van der Waals surface area contributed by atoms with Gasteiger partial charge in [-0.2, -0.15) is 0 Å². The van der Waals surface area contributed by atoms with Crippen LogP contribution in [0, 0.1) is 5.92 Å². The van der Waals surface area contributed by atoms with Gasteiger partial charge in [0.25, 0.3) is 0 Å². The molecule has 23 heavy (non-hydrogen) atoms. The number of likely N-dealkylation sites (N-methyl/N-ethyl adjacent to an activating group) is 1. The lowest BCUT2D eigenvalue weighted by atomic mass is 9.97. The molecule has 0 aliphatic carbocycles. The molecule has 0 aromatic rings. The number of piperidine rings is 1. The number of ether oxygens (including phenoxy) is 1. The Labute approximate surface area is 154 Å². The third kappa shape index (κ3) is 7.21. The zero-order valence-corrected chi connectivity index (χ0v) is 16.7. The molecule has 0 bridgehead atoms. The summed E-state index contributed by atoms with van der Waals surface area (Å²) in [6.07, 6.45) is 1.89. The minimum Gasteiger partial charge on any atom is -0.464 e. The lowest BCUT2D eigenvalue weighted by Crippen LogP contribution is -2.46. The van der Waals surface area contributed by atoms with Gasteiger partial charge < -0.3 is 14.5 Å². The highest BCUT2D eigenvalue weighted by molar-refractivity contribution is 14.1. The van der Waals surface area contributed by atoms with Crippen molar-refractivity contribution in [2.24, 2.45) is 5.92 Å². The van der Waals surface area contributed by atoms with E-state index in [4.69, 9.17) is 4.74 Å². The van der Waals surface area contributed by atoms with Gasteiger partial charge in [-0.25, -0.2) is 3.11 Å². The molecule has 0 spiro atoms. The predicted octanol–water partition coefficient (Wildman–Crippen LogP) is 0.771. The molecule has 2 saturated heterocycles. The summed E-state index contributed by atoms with van der Waals surface area (Å²) in [5.74, 6) is 0.112. The van der Waals surface area contributed by atoms with E-state index in [1.54, 1.807) is 0 Å². The van der Waals surface area contributed by atoms with Gasteiger partial charge in [-0.1, -0.05) is 0 Å². The van der Waals surface area contributed by atoms with Crippen molar-refractivity contribution in [3.63, 3.8) is 0 Å². The largest absolute Gasteiger partial charge is 0.464 e. The Morgan fingerprint density at radius 1 is 1.04 bits per heavy atom. The Hall–Kier alpha value is 0.0400. The van der Waals surface area contributed by atoms with E-state index in [1.807, 2.05) is 19.0 Å². The first-order valence-electron chi connectivity index (χ1n) is 8.71. The maximum atomic E-state index is 12.0. The summed E-state index contributed by atoms with van der Waals surface area (Å²) < 4.78 is 7.74. The molecule has 2 fully saturated rings. The van der Waals surface area contributed by atoms with E-state index in [-0.39, 0.29) is 11.9 Å². The van der Waals surface area contributed by atoms with Crippen LogP contribution in [0.2, 0.25) is 0 Å². The summed E-state index contributed by atoms with van der Waals surface area (Å²) in [6.45, 7) is 10.3. The molecule has 6 nitrogen and oxygen atoms in total. The molecule has 2 aliphatic heterocycles. The van der Waals surface area contributed by atoms with Crippen LogP contribution in [0.4, 0.5) is 0 Å². The van der Waals surface area contributed by atoms with E-state index < -0.39 is 0 Å². The SMILES string of the molecule is CN(C)CCOC(=O)C1CCN(CCN2CCN(I)CC2)CC1. The summed E-state index contributed by atoms with van der Waals surface area (Å²) >= 11 is 2.41. The van der Waals surface area contributed by atoms with E-state index in [1.165, 1.54) is 26.2 Å². The number of rotatable bonds is 7. The number of hydrogen-bond acceptors (Lipinski definition) is 6. The minimum absolute atomic E-state index is 0.00432. The zero-order valence-electron chi connectivity index (χ0n) is 14.5. The van der Waals surface area contributed by atoms with Crippen LogP contribution in [0.3, 0.4) is 0 Å². The van der Waals surface area contributed by atoms with Crippen molar-refractivity contribution in [3.05, 3.63) is 0 Å². The Kier molecular flexibility index (Phi) is 8.53. The summed E-state index contributed by atoms with van der Waals surface area (Å²) in [5, 5.41) is 0. The predicted molar refractivity (Wildman–Crippen MR) is 101 cm³/mol. The summed E-state index contributed by atoms with van der Waals surface area (Å²) in [4.78, 5) is 19.1. The Bertz CT molecular complexity index is 354. The summed E-state index contributed by atoms with van der Waals surface area (Å²) in [6, 6.07) is 0. The average molecular weight is 438 g/mol. The number of likely N-dealkylation sites (tertiary alicyclic amines) is 1. The molecule has 0 aromatic heterocycles. The zero-order chi connectivity index (χ0) is 16.7. The molecule has 2 rings (SSSR count). The fraction of sp³-hybridized carbons (Fsp3) is 0.938. The molecule has 0 saturated carbocycles. The Balaban J connectivity index is 1.57. The number of carbonyl (C=O) groups excluding carboxylic acids is 1. The van der Waals surface area contributed by atoms with E-state index in [0.717, 1.165) is 45.6 Å². The maximum Gasteiger partial charge on any atom is 0.309 e. The molecule has 2 aliphatic rings. The second-order valence-electron chi connectivity index (χ2n) is 6.84. The molecule has 0 aromatic carbocycles. The van der Waals surface area contributed by atoms with Crippen LogP contribution in [-0.2, 0) is 9.53 Å². The van der Waals surface area contributed by atoms with E-state index in [0.29, 0.717) is 6.61 Å². The highest BCUT2D eigenvalue weighted by Gasteiger charge is 2.26. The number of piperazine rings is 1. The molecule has 0 radical (unpaired) electrons. The molecule has 0 amide bonds. The first-order valence-corrected chi connectivity index (χ1v) is 9.68. The van der Waals surface area contributed by atoms with Gasteiger partial charge in [-0.3, -0.25) is 9.69 Å². The van der Waals surface area contributed by atoms with Gasteiger partial charge in [-0.05, 0) is 40.0 Å². The first kappa shape index (κ1) is 19.4. The van der Waals surface area contributed by atoms with Crippen molar-refractivity contribution >= 4 is 28.8 Å². The second-order valence-corrected chi connectivity index (χ2v) is 8.20. The van der Waals surface area contributed by atoms with Crippen LogP contribution in [0.5, 0.6) is 0 Å². The summed E-state index contributed by atoms with van der Waals surface area (Å²) in [7, 11) is 3.98. The third-order valence-corrected chi connectivity index (χ3v) is 5.72. The van der Waals surface area contributed by atoms with Crippen molar-refractivity contribution in [1.82, 2.24) is 17.8 Å². The van der Waals surface area contributed by atoms with Crippen LogP contribution in [0.25, 0.3) is 0 Å². The van der Waals surface area contributed by atoms with Gasteiger partial charge in [0.05, 0.1) is 5.92 Å². The van der Waals surface area contributed by atoms with Crippen LogP contribution in [-0.4, -0.2) is 103 Å². The first-order chi connectivity index (χ1) is 11.0. The fourth-order valence-corrected chi connectivity index (χ4v) is 3.50. The number of carbonyl (C=O) groups is 1. The molecule has 2 heterocycles. The van der Waals surface area contributed by atoms with Crippen LogP contribution < -0.4 is 0 Å². The Morgan fingerprint density at radius 2 is 1.61 bits per heavy atom. The van der Waals surface area contributed by atoms with Crippen molar-refractivity contribution < 1.29 is 9.53 Å². The van der Waals surface area contributed by atoms with E-state index in [9.17, 15) is 4.79 Å². The lowest BCUT2D eigenvalue weighted by molar-refractivity contribution is -0.150. The normalized spacial score (nSPS) is 22.6. The quantitative estimate of drug-likeness (QED) is 0.332. The standard InChI is InChI=1S/C16H31IN4O2/c1-18(2)13-14-23-16(22)15-3-5-19(6-4-15)7-8-20-9-11-21(17)12-10-20/h15H,3-14H2,1-2H3. The van der Waals surface area contributed by atoms with Crippen LogP contribution in [0.15, 0.2) is 0 Å². The monoisotopic (exact) mass is 438 g/mol. The van der Waals surface area contributed by atoms with Crippen molar-refractivity contribution in [2.75, 3.05) is 79.6 Å². The smallest absolute Gasteiger partial charge is 0.309 e. The van der Waals surface area contributed by atoms with Crippen molar-refractivity contribution in [3.8, 4) is 0 Å². The topological polar surface area (TPSA) is 39.3 Å². The van der Waals surface area contributed by atoms with Crippen molar-refractivity contribution in [2.45, 2.75) is 12.8 Å². The van der Waals surface area contributed by atoms with Gasteiger partial charge in [0.1, 0.15) is 6.61 Å². The van der Waals surface area contributed by atoms with Gasteiger partial charge in [0, 0.05) is 68.7 Å². The lowest BCUT2D eigenvalue weighted by Gasteiger charge is -2.35. The molecular weight excluding hydrogens is 407 g/mol. The number of nitrogens with zero attached hydrogens (tertiary/aromatic N) is 4. The van der Waals surface area contributed by atoms with Gasteiger partial charge >= 0.3 is 5.97 Å². The Morgan fingerprint density at radius 3 is 2.17 bits per heavy atom. The molecule has 0 atom stereocenters. The van der Waals surface area contributed by atoms with E-state index >= 15 is 0 Å². The minimum atomic E-state index is 0.00432. The highest BCUT2D eigenvalue weighted by atomic mass is 127. The van der Waals surface area contributed by atoms with Gasteiger partial charge in [0.2, 0.25) is 0 Å². The maximum absolute atomic E-state index is 12.0. The molecule has 0 N–H and O–H groups in total. The van der Waals surface area contributed by atoms with Crippen molar-refractivity contribution in [1.29, 1.82) is 0 Å². The van der Waals surface area contributed by atoms with Crippen LogP contribution >= 0.6 is 22.9 Å². The fourth-order valence-electron chi connectivity index (χ4n) is 3.07. The number of hydrogen-bond donors (Lipinski definition) is 0. The molecule has 134 valence electrons. The van der Waals surface area contributed by atoms with Crippen LogP contribution in [0.1, 0.15) is 12.8 Å². The molecule has 0 unspecified atom stereocenters. The highest BCUT2D eigenvalue weighted by Crippen LogP contribution is 2.18. The number of halogens is 1. The third-order valence-electron chi connectivity index (χ3n) is 4.75. The second kappa shape index (κ2) is 10.1. The molecular formula is C16H31IN4O2. The molecule has 7 heteroatoms. The van der Waals surface area contributed by atoms with Gasteiger partial charge in [0.15, 0.2) is 0 Å². The average Bonchev–Trinajstić information content (AvgIpc) is 2.54. The number of esters is 1. The van der Waals surface area contributed by atoms with Gasteiger partial charge in [-0.15, -0.1) is 0 Å².